The highest BCUT2D eigenvalue weighted by Crippen LogP contribution is 2.08. The van der Waals surface area contributed by atoms with Gasteiger partial charge in [-0.05, 0) is 12.3 Å². The van der Waals surface area contributed by atoms with Gasteiger partial charge >= 0.3 is 5.97 Å². The lowest BCUT2D eigenvalue weighted by molar-refractivity contribution is 0.0694. The van der Waals surface area contributed by atoms with Gasteiger partial charge in [-0.2, -0.15) is 0 Å². The van der Waals surface area contributed by atoms with Crippen molar-refractivity contribution in [2.45, 2.75) is 20.3 Å². The molecule has 0 amide bonds. The number of nitrogens with zero attached hydrogens (tertiary/aromatic N) is 2. The van der Waals surface area contributed by atoms with E-state index in [9.17, 15) is 9.59 Å². The summed E-state index contributed by atoms with van der Waals surface area (Å²) in [7, 11) is 0. The van der Waals surface area contributed by atoms with Crippen molar-refractivity contribution in [3.05, 3.63) is 34.0 Å². The lowest BCUT2D eigenvalue weighted by atomic mass is 10.1. The Morgan fingerprint density at radius 2 is 2.29 bits per heavy atom. The average molecular weight is 235 g/mol. The summed E-state index contributed by atoms with van der Waals surface area (Å²) >= 11 is 0. The van der Waals surface area contributed by atoms with Crippen LogP contribution in [0.2, 0.25) is 0 Å². The number of hydrogen-bond donors (Lipinski definition) is 2. The van der Waals surface area contributed by atoms with Crippen LogP contribution in [0.25, 0.3) is 5.78 Å². The minimum absolute atomic E-state index is 0.313. The van der Waals surface area contributed by atoms with Crippen LogP contribution in [-0.2, 0) is 6.42 Å². The first-order chi connectivity index (χ1) is 8.00. The zero-order chi connectivity index (χ0) is 12.6. The first-order valence-corrected chi connectivity index (χ1v) is 5.32. The third-order valence-electron chi connectivity index (χ3n) is 2.46. The Labute approximate surface area is 96.9 Å². The third kappa shape index (κ3) is 1.93. The van der Waals surface area contributed by atoms with Gasteiger partial charge in [0, 0.05) is 11.9 Å². The number of carboxylic acids is 1. The van der Waals surface area contributed by atoms with Crippen LogP contribution in [0, 0.1) is 5.92 Å². The summed E-state index contributed by atoms with van der Waals surface area (Å²) in [6.07, 6.45) is 3.45. The minimum Gasteiger partial charge on any atom is -0.477 e. The van der Waals surface area contributed by atoms with Gasteiger partial charge in [0.2, 0.25) is 5.78 Å². The van der Waals surface area contributed by atoms with E-state index in [1.165, 1.54) is 4.40 Å². The molecule has 0 saturated heterocycles. The molecule has 0 saturated carbocycles. The highest BCUT2D eigenvalue weighted by atomic mass is 16.4. The number of imidazole rings is 1. The van der Waals surface area contributed by atoms with Crippen molar-refractivity contribution in [2.75, 3.05) is 0 Å². The van der Waals surface area contributed by atoms with E-state index >= 15 is 0 Å². The molecule has 6 heteroatoms. The Balaban J connectivity index is 2.69. The van der Waals surface area contributed by atoms with Crippen molar-refractivity contribution in [1.82, 2.24) is 14.4 Å². The molecule has 0 aliphatic heterocycles. The summed E-state index contributed by atoms with van der Waals surface area (Å²) in [5.74, 6) is -0.515. The number of aromatic nitrogens is 3. The lowest BCUT2D eigenvalue weighted by Gasteiger charge is -2.04. The molecule has 0 radical (unpaired) electrons. The van der Waals surface area contributed by atoms with Crippen molar-refractivity contribution in [2.24, 2.45) is 5.92 Å². The molecule has 2 N–H and O–H groups in total. The molecule has 0 aliphatic rings. The Morgan fingerprint density at radius 3 is 2.88 bits per heavy atom. The zero-order valence-electron chi connectivity index (χ0n) is 9.60. The largest absolute Gasteiger partial charge is 0.477 e. The number of H-pyrrole nitrogens is 1. The van der Waals surface area contributed by atoms with Crippen LogP contribution in [0.4, 0.5) is 0 Å². The minimum atomic E-state index is -1.26. The molecule has 0 unspecified atom stereocenters. The van der Waals surface area contributed by atoms with Crippen LogP contribution in [0.1, 0.15) is 29.9 Å². The molecular weight excluding hydrogens is 222 g/mol. The highest BCUT2D eigenvalue weighted by molar-refractivity contribution is 5.86. The van der Waals surface area contributed by atoms with Crippen molar-refractivity contribution < 1.29 is 9.90 Å². The van der Waals surface area contributed by atoms with Crippen LogP contribution in [-0.4, -0.2) is 25.4 Å². The molecule has 17 heavy (non-hydrogen) atoms. The van der Waals surface area contributed by atoms with E-state index in [1.54, 1.807) is 6.20 Å². The van der Waals surface area contributed by atoms with Crippen LogP contribution in [0.3, 0.4) is 0 Å². The molecule has 0 aliphatic carbocycles. The Hall–Kier alpha value is -2.11. The average Bonchev–Trinajstić information content (AvgIpc) is 2.61. The van der Waals surface area contributed by atoms with Crippen LogP contribution < -0.4 is 5.56 Å². The molecule has 0 aromatic carbocycles. The number of carboxylic acid groups (broad SMARTS) is 1. The predicted octanol–water partition coefficient (Wildman–Crippen LogP) is 0.919. The van der Waals surface area contributed by atoms with E-state index in [-0.39, 0.29) is 5.56 Å². The molecule has 6 nitrogen and oxygen atoms in total. The van der Waals surface area contributed by atoms with Crippen molar-refractivity contribution in [1.29, 1.82) is 0 Å². The SMILES string of the molecule is CC(C)Cc1c[nH]c2ncc(C(=O)O)c(=O)n12. The summed E-state index contributed by atoms with van der Waals surface area (Å²) in [6, 6.07) is 0. The van der Waals surface area contributed by atoms with E-state index in [0.717, 1.165) is 11.9 Å². The number of fused-ring (bicyclic) bond motifs is 1. The molecule has 0 atom stereocenters. The number of rotatable bonds is 3. The maximum Gasteiger partial charge on any atom is 0.342 e. The zero-order valence-corrected chi connectivity index (χ0v) is 9.60. The molecule has 2 rings (SSSR count). The van der Waals surface area contributed by atoms with Gasteiger partial charge in [-0.1, -0.05) is 13.8 Å². The second-order valence-electron chi connectivity index (χ2n) is 4.32. The van der Waals surface area contributed by atoms with E-state index in [4.69, 9.17) is 5.11 Å². The van der Waals surface area contributed by atoms with E-state index in [1.807, 2.05) is 13.8 Å². The molecule has 2 aromatic rings. The molecule has 0 fully saturated rings. The topological polar surface area (TPSA) is 87.5 Å². The Morgan fingerprint density at radius 1 is 1.59 bits per heavy atom. The molecule has 2 aromatic heterocycles. The first-order valence-electron chi connectivity index (χ1n) is 5.32. The molecule has 0 bridgehead atoms. The van der Waals surface area contributed by atoms with Crippen molar-refractivity contribution >= 4 is 11.7 Å². The molecule has 0 spiro atoms. The number of aromatic carboxylic acids is 1. The predicted molar refractivity (Wildman–Crippen MR) is 61.3 cm³/mol. The van der Waals surface area contributed by atoms with Crippen LogP contribution in [0.5, 0.6) is 0 Å². The lowest BCUT2D eigenvalue weighted by Crippen LogP contribution is -2.23. The van der Waals surface area contributed by atoms with Gasteiger partial charge in [-0.15, -0.1) is 0 Å². The Bertz CT molecular complexity index is 624. The monoisotopic (exact) mass is 235 g/mol. The molecule has 90 valence electrons. The third-order valence-corrected chi connectivity index (χ3v) is 2.46. The van der Waals surface area contributed by atoms with Crippen molar-refractivity contribution in [3.63, 3.8) is 0 Å². The number of hydrogen-bond acceptors (Lipinski definition) is 3. The van der Waals surface area contributed by atoms with E-state index < -0.39 is 11.5 Å². The summed E-state index contributed by atoms with van der Waals surface area (Å²) in [5.41, 5.74) is -0.109. The maximum absolute atomic E-state index is 12.0. The standard InChI is InChI=1S/C11H13N3O3/c1-6(2)3-7-4-12-11-13-5-8(10(16)17)9(15)14(7)11/h4-6H,3H2,1-2H3,(H,12,13)(H,16,17). The fourth-order valence-electron chi connectivity index (χ4n) is 1.75. The molecular formula is C11H13N3O3. The first kappa shape index (κ1) is 11.4. The smallest absolute Gasteiger partial charge is 0.342 e. The molecule has 2 heterocycles. The van der Waals surface area contributed by atoms with Gasteiger partial charge in [0.05, 0.1) is 6.20 Å². The van der Waals surface area contributed by atoms with E-state index in [2.05, 4.69) is 9.97 Å². The van der Waals surface area contributed by atoms with Gasteiger partial charge < -0.3 is 10.1 Å². The second kappa shape index (κ2) is 4.04. The van der Waals surface area contributed by atoms with Crippen LogP contribution >= 0.6 is 0 Å². The number of nitrogens with one attached hydrogen (secondary N) is 1. The maximum atomic E-state index is 12.0. The summed E-state index contributed by atoms with van der Waals surface area (Å²) in [5, 5.41) is 8.87. The van der Waals surface area contributed by atoms with Gasteiger partial charge in [-0.25, -0.2) is 14.2 Å². The highest BCUT2D eigenvalue weighted by Gasteiger charge is 2.15. The fraction of sp³-hybridized carbons (Fsp3) is 0.364. The van der Waals surface area contributed by atoms with Gasteiger partial charge in [-0.3, -0.25) is 4.79 Å². The van der Waals surface area contributed by atoms with Gasteiger partial charge in [0.25, 0.3) is 5.56 Å². The quantitative estimate of drug-likeness (QED) is 0.828. The summed E-state index contributed by atoms with van der Waals surface area (Å²) in [4.78, 5) is 29.6. The second-order valence-corrected chi connectivity index (χ2v) is 4.32. The summed E-state index contributed by atoms with van der Waals surface area (Å²) in [6.45, 7) is 4.05. The number of aromatic amines is 1. The van der Waals surface area contributed by atoms with Crippen LogP contribution in [0.15, 0.2) is 17.2 Å². The number of carbonyl (C=O) groups is 1. The van der Waals surface area contributed by atoms with E-state index in [0.29, 0.717) is 18.1 Å². The van der Waals surface area contributed by atoms with Gasteiger partial charge in [0.1, 0.15) is 5.56 Å². The fourth-order valence-corrected chi connectivity index (χ4v) is 1.75. The van der Waals surface area contributed by atoms with Gasteiger partial charge in [0.15, 0.2) is 0 Å². The van der Waals surface area contributed by atoms with Crippen molar-refractivity contribution in [3.8, 4) is 0 Å². The summed E-state index contributed by atoms with van der Waals surface area (Å²) < 4.78 is 1.32. The normalized spacial score (nSPS) is 11.2. The Kier molecular flexibility index (Phi) is 2.71.